The van der Waals surface area contributed by atoms with E-state index in [0.29, 0.717) is 0 Å². The van der Waals surface area contributed by atoms with E-state index in [4.69, 9.17) is 11.6 Å². The van der Waals surface area contributed by atoms with Crippen molar-refractivity contribution in [3.05, 3.63) is 41.3 Å². The van der Waals surface area contributed by atoms with E-state index in [-0.39, 0.29) is 5.28 Å². The Morgan fingerprint density at radius 3 is 2.75 bits per heavy atom. The van der Waals surface area contributed by atoms with Crippen molar-refractivity contribution in [2.24, 2.45) is 4.99 Å². The summed E-state index contributed by atoms with van der Waals surface area (Å²) in [4.78, 5) is 14.0. The summed E-state index contributed by atoms with van der Waals surface area (Å²) in [5.41, 5.74) is 4.91. The zero-order valence-electron chi connectivity index (χ0n) is 11.0. The normalized spacial score (nSPS) is 15.9. The fourth-order valence-electron chi connectivity index (χ4n) is 1.84. The van der Waals surface area contributed by atoms with Crippen LogP contribution in [0.1, 0.15) is 5.69 Å². The van der Waals surface area contributed by atoms with Crippen molar-refractivity contribution in [2.45, 2.75) is 11.8 Å². The molecule has 2 aromatic rings. The number of benzene rings is 1. The Labute approximate surface area is 126 Å². The number of aliphatic imine (C=N–C) groups is 1. The molecule has 102 valence electrons. The summed E-state index contributed by atoms with van der Waals surface area (Å²) in [5.74, 6) is 0.763. The van der Waals surface area contributed by atoms with Crippen LogP contribution in [0.25, 0.3) is 0 Å². The van der Waals surface area contributed by atoms with Crippen LogP contribution < -0.4 is 10.4 Å². The van der Waals surface area contributed by atoms with E-state index in [2.05, 4.69) is 20.4 Å². The Kier molecular flexibility index (Phi) is 3.50. The highest BCUT2D eigenvalue weighted by Crippen LogP contribution is 2.35. The maximum Gasteiger partial charge on any atom is 0.224 e. The molecule has 0 amide bonds. The van der Waals surface area contributed by atoms with Crippen LogP contribution in [-0.4, -0.2) is 22.2 Å². The molecule has 7 heteroatoms. The number of aryl methyl sites for hydroxylation is 1. The van der Waals surface area contributed by atoms with E-state index in [1.807, 2.05) is 44.3 Å². The quantitative estimate of drug-likeness (QED) is 0.820. The van der Waals surface area contributed by atoms with Crippen molar-refractivity contribution < 1.29 is 0 Å². The number of hydrogen-bond donors (Lipinski definition) is 1. The second-order valence-corrected chi connectivity index (χ2v) is 5.59. The maximum atomic E-state index is 5.90. The first-order valence-corrected chi connectivity index (χ1v) is 7.19. The van der Waals surface area contributed by atoms with E-state index in [1.54, 1.807) is 5.01 Å². The molecule has 0 bridgehead atoms. The summed E-state index contributed by atoms with van der Waals surface area (Å²) < 4.78 is 0. The number of para-hydroxylation sites is 1. The highest BCUT2D eigenvalue weighted by atomic mass is 35.5. The standard InChI is InChI=1S/C13H12ClN5S/c1-8-10-11(17-12(14)15-8)19(2)18-13(20-10)16-9-6-4-3-5-7-9/h3-7H,1-2H3,(H,16,18). The van der Waals surface area contributed by atoms with Crippen molar-refractivity contribution in [1.82, 2.24) is 15.4 Å². The second kappa shape index (κ2) is 5.30. The molecule has 2 heterocycles. The van der Waals surface area contributed by atoms with Gasteiger partial charge in [0.25, 0.3) is 0 Å². The van der Waals surface area contributed by atoms with Gasteiger partial charge in [-0.25, -0.2) is 9.98 Å². The molecule has 0 aliphatic carbocycles. The molecule has 0 unspecified atom stereocenters. The lowest BCUT2D eigenvalue weighted by molar-refractivity contribution is 0.825. The highest BCUT2D eigenvalue weighted by Gasteiger charge is 2.23. The largest absolute Gasteiger partial charge is 0.275 e. The van der Waals surface area contributed by atoms with Crippen molar-refractivity contribution in [1.29, 1.82) is 0 Å². The number of rotatable bonds is 1. The number of nitrogens with one attached hydrogen (secondary N) is 1. The molecule has 1 aromatic heterocycles. The lowest BCUT2D eigenvalue weighted by Gasteiger charge is -2.28. The molecule has 0 radical (unpaired) electrons. The summed E-state index contributed by atoms with van der Waals surface area (Å²) in [6.45, 7) is 1.92. The average Bonchev–Trinajstić information content (AvgIpc) is 2.41. The first-order chi connectivity index (χ1) is 9.63. The molecule has 20 heavy (non-hydrogen) atoms. The second-order valence-electron chi connectivity index (χ2n) is 4.26. The molecule has 0 atom stereocenters. The van der Waals surface area contributed by atoms with E-state index in [9.17, 15) is 0 Å². The van der Waals surface area contributed by atoms with Gasteiger partial charge in [-0.3, -0.25) is 10.4 Å². The van der Waals surface area contributed by atoms with Crippen LogP contribution in [0.3, 0.4) is 0 Å². The van der Waals surface area contributed by atoms with Gasteiger partial charge in [0.15, 0.2) is 11.0 Å². The van der Waals surface area contributed by atoms with Gasteiger partial charge < -0.3 is 0 Å². The van der Waals surface area contributed by atoms with Crippen LogP contribution in [-0.2, 0) is 0 Å². The lowest BCUT2D eigenvalue weighted by atomic mass is 10.3. The smallest absolute Gasteiger partial charge is 0.224 e. The number of hydrogen-bond acceptors (Lipinski definition) is 5. The molecular formula is C13H12ClN5S. The molecular weight excluding hydrogens is 294 g/mol. The average molecular weight is 306 g/mol. The number of nitrogens with zero attached hydrogens (tertiary/aromatic N) is 4. The summed E-state index contributed by atoms with van der Waals surface area (Å²) in [7, 11) is 1.88. The Hall–Kier alpha value is -1.79. The molecule has 1 aromatic carbocycles. The predicted molar refractivity (Wildman–Crippen MR) is 82.7 cm³/mol. The van der Waals surface area contributed by atoms with Gasteiger partial charge in [-0.05, 0) is 42.4 Å². The Morgan fingerprint density at radius 2 is 2.00 bits per heavy atom. The van der Waals surface area contributed by atoms with E-state index >= 15 is 0 Å². The van der Waals surface area contributed by atoms with Gasteiger partial charge >= 0.3 is 0 Å². The number of hydrazine groups is 1. The third-order valence-corrected chi connectivity index (χ3v) is 3.98. The maximum absolute atomic E-state index is 5.90. The minimum atomic E-state index is 0.249. The zero-order valence-corrected chi connectivity index (χ0v) is 12.5. The van der Waals surface area contributed by atoms with Gasteiger partial charge in [0, 0.05) is 7.05 Å². The van der Waals surface area contributed by atoms with Crippen LogP contribution in [0.5, 0.6) is 0 Å². The van der Waals surface area contributed by atoms with Gasteiger partial charge in [0.1, 0.15) is 0 Å². The Morgan fingerprint density at radius 1 is 1.25 bits per heavy atom. The van der Waals surface area contributed by atoms with Crippen molar-refractivity contribution in [2.75, 3.05) is 12.1 Å². The van der Waals surface area contributed by atoms with Crippen LogP contribution in [0.4, 0.5) is 11.5 Å². The summed E-state index contributed by atoms with van der Waals surface area (Å²) in [5, 5.41) is 2.83. The Bertz CT molecular complexity index is 674. The highest BCUT2D eigenvalue weighted by molar-refractivity contribution is 8.14. The third-order valence-electron chi connectivity index (χ3n) is 2.76. The van der Waals surface area contributed by atoms with Crippen LogP contribution in [0, 0.1) is 6.92 Å². The summed E-state index contributed by atoms with van der Waals surface area (Å²) in [6.07, 6.45) is 0. The molecule has 0 spiro atoms. The van der Waals surface area contributed by atoms with Gasteiger partial charge in [0.05, 0.1) is 16.3 Å². The fraction of sp³-hybridized carbons (Fsp3) is 0.154. The molecule has 3 rings (SSSR count). The number of thioether (sulfide) groups is 1. The first kappa shape index (κ1) is 13.2. The summed E-state index contributed by atoms with van der Waals surface area (Å²) >= 11 is 7.40. The minimum absolute atomic E-state index is 0.249. The van der Waals surface area contributed by atoms with Gasteiger partial charge in [-0.15, -0.1) is 0 Å². The fourth-order valence-corrected chi connectivity index (χ4v) is 3.05. The monoisotopic (exact) mass is 305 g/mol. The summed E-state index contributed by atoms with van der Waals surface area (Å²) in [6, 6.07) is 9.79. The first-order valence-electron chi connectivity index (χ1n) is 5.99. The van der Waals surface area contributed by atoms with E-state index in [1.165, 1.54) is 11.8 Å². The van der Waals surface area contributed by atoms with Gasteiger partial charge in [-0.2, -0.15) is 4.98 Å². The van der Waals surface area contributed by atoms with Crippen LogP contribution in [0.15, 0.2) is 40.2 Å². The number of halogens is 1. The molecule has 0 fully saturated rings. The van der Waals surface area contributed by atoms with E-state index in [0.717, 1.165) is 27.3 Å². The zero-order chi connectivity index (χ0) is 14.1. The predicted octanol–water partition coefficient (Wildman–Crippen LogP) is 3.17. The van der Waals surface area contributed by atoms with Crippen molar-refractivity contribution in [3.8, 4) is 0 Å². The van der Waals surface area contributed by atoms with Crippen LogP contribution >= 0.6 is 23.4 Å². The molecule has 0 saturated heterocycles. The van der Waals surface area contributed by atoms with Crippen molar-refractivity contribution in [3.63, 3.8) is 0 Å². The number of amidine groups is 1. The third kappa shape index (κ3) is 2.57. The molecule has 1 aliphatic rings. The molecule has 5 nitrogen and oxygen atoms in total. The van der Waals surface area contributed by atoms with Crippen LogP contribution in [0.2, 0.25) is 5.28 Å². The molecule has 1 aliphatic heterocycles. The van der Waals surface area contributed by atoms with Gasteiger partial charge in [-0.1, -0.05) is 18.2 Å². The minimum Gasteiger partial charge on any atom is -0.275 e. The van der Waals surface area contributed by atoms with E-state index < -0.39 is 0 Å². The molecule has 1 N–H and O–H groups in total. The number of fused-ring (bicyclic) bond motifs is 1. The number of aromatic nitrogens is 2. The SMILES string of the molecule is Cc1nc(Cl)nc2c1SC(=Nc1ccccc1)NN2C. The Balaban J connectivity index is 1.99. The topological polar surface area (TPSA) is 53.4 Å². The lowest BCUT2D eigenvalue weighted by Crippen LogP contribution is -2.41. The van der Waals surface area contributed by atoms with Crippen molar-refractivity contribution >= 4 is 40.0 Å². The van der Waals surface area contributed by atoms with Gasteiger partial charge in [0.2, 0.25) is 5.28 Å². The number of anilines is 1. The molecule has 0 saturated carbocycles.